The number of esters is 1. The molecule has 0 fully saturated rings. The van der Waals surface area contributed by atoms with E-state index in [4.69, 9.17) is 4.74 Å². The molecule has 0 unspecified atom stereocenters. The third-order valence-corrected chi connectivity index (χ3v) is 2.98. The minimum Gasteiger partial charge on any atom is -0.489 e. The zero-order chi connectivity index (χ0) is 14.5. The Morgan fingerprint density at radius 1 is 1.00 bits per heavy atom. The lowest BCUT2D eigenvalue weighted by molar-refractivity contribution is 0.0600. The fraction of sp³-hybridized carbons (Fsp3) is 0.235. The van der Waals surface area contributed by atoms with E-state index in [1.807, 2.05) is 38.1 Å². The van der Waals surface area contributed by atoms with E-state index in [2.05, 4.69) is 10.8 Å². The largest absolute Gasteiger partial charge is 0.489 e. The van der Waals surface area contributed by atoms with Crippen LogP contribution in [0.25, 0.3) is 0 Å². The van der Waals surface area contributed by atoms with Gasteiger partial charge in [-0.2, -0.15) is 0 Å². The van der Waals surface area contributed by atoms with Crippen molar-refractivity contribution in [3.63, 3.8) is 0 Å². The molecule has 0 aliphatic rings. The number of hydrogen-bond donors (Lipinski definition) is 0. The van der Waals surface area contributed by atoms with E-state index < -0.39 is 0 Å². The molecule has 0 N–H and O–H groups in total. The Hall–Kier alpha value is -2.29. The van der Waals surface area contributed by atoms with Gasteiger partial charge >= 0.3 is 5.97 Å². The van der Waals surface area contributed by atoms with Crippen molar-refractivity contribution >= 4 is 5.97 Å². The van der Waals surface area contributed by atoms with Crippen LogP contribution in [0.2, 0.25) is 0 Å². The summed E-state index contributed by atoms with van der Waals surface area (Å²) in [5.41, 5.74) is 3.92. The van der Waals surface area contributed by atoms with Gasteiger partial charge in [-0.1, -0.05) is 18.2 Å². The number of hydrogen-bond acceptors (Lipinski definition) is 3. The summed E-state index contributed by atoms with van der Waals surface area (Å²) < 4.78 is 10.4. The monoisotopic (exact) mass is 270 g/mol. The molecule has 2 rings (SSSR count). The third-order valence-electron chi connectivity index (χ3n) is 2.98. The molecule has 3 nitrogen and oxygen atoms in total. The maximum Gasteiger partial charge on any atom is 0.337 e. The summed E-state index contributed by atoms with van der Waals surface area (Å²) in [5.74, 6) is 0.534. The lowest BCUT2D eigenvalue weighted by Crippen LogP contribution is -2.02. The van der Waals surface area contributed by atoms with Crippen molar-refractivity contribution in [2.75, 3.05) is 7.11 Å². The van der Waals surface area contributed by atoms with Gasteiger partial charge in [0.1, 0.15) is 12.4 Å². The van der Waals surface area contributed by atoms with Crippen LogP contribution in [0.1, 0.15) is 27.0 Å². The highest BCUT2D eigenvalue weighted by atomic mass is 16.5. The molecule has 20 heavy (non-hydrogen) atoms. The summed E-state index contributed by atoms with van der Waals surface area (Å²) in [4.78, 5) is 11.3. The Bertz CT molecular complexity index is 580. The minimum atomic E-state index is -0.327. The summed E-state index contributed by atoms with van der Waals surface area (Å²) in [6, 6.07) is 13.4. The predicted octanol–water partition coefficient (Wildman–Crippen LogP) is 3.67. The molecule has 104 valence electrons. The molecule has 2 aromatic rings. The first kappa shape index (κ1) is 14.1. The third kappa shape index (κ3) is 3.60. The number of rotatable bonds is 4. The van der Waals surface area contributed by atoms with Crippen LogP contribution in [0.5, 0.6) is 5.75 Å². The van der Waals surface area contributed by atoms with Crippen LogP contribution in [0, 0.1) is 13.8 Å². The molecule has 0 saturated heterocycles. The number of methoxy groups -OCH3 is 1. The molecule has 0 heterocycles. The second kappa shape index (κ2) is 6.24. The first-order chi connectivity index (χ1) is 9.58. The average Bonchev–Trinajstić information content (AvgIpc) is 2.44. The van der Waals surface area contributed by atoms with Crippen molar-refractivity contribution in [2.24, 2.45) is 0 Å². The fourth-order valence-electron chi connectivity index (χ4n) is 2.04. The molecule has 3 heteroatoms. The van der Waals surface area contributed by atoms with Gasteiger partial charge in [-0.25, -0.2) is 4.79 Å². The van der Waals surface area contributed by atoms with E-state index in [0.29, 0.717) is 12.2 Å². The lowest BCUT2D eigenvalue weighted by atomic mass is 10.1. The normalized spacial score (nSPS) is 10.2. The average molecular weight is 270 g/mol. The first-order valence-electron chi connectivity index (χ1n) is 6.47. The second-order valence-electron chi connectivity index (χ2n) is 4.80. The zero-order valence-electron chi connectivity index (χ0n) is 12.0. The highest BCUT2D eigenvalue weighted by Crippen LogP contribution is 2.18. The van der Waals surface area contributed by atoms with Gasteiger partial charge < -0.3 is 9.47 Å². The molecule has 2 aromatic carbocycles. The van der Waals surface area contributed by atoms with Crippen molar-refractivity contribution < 1.29 is 14.3 Å². The second-order valence-corrected chi connectivity index (χ2v) is 4.80. The van der Waals surface area contributed by atoms with Gasteiger partial charge in [0.25, 0.3) is 0 Å². The van der Waals surface area contributed by atoms with Crippen molar-refractivity contribution in [3.8, 4) is 5.75 Å². The van der Waals surface area contributed by atoms with Gasteiger partial charge in [-0.15, -0.1) is 0 Å². The maximum absolute atomic E-state index is 11.3. The van der Waals surface area contributed by atoms with Crippen molar-refractivity contribution in [3.05, 3.63) is 64.7 Å². The number of ether oxygens (including phenoxy) is 2. The molecule has 0 aliphatic carbocycles. The van der Waals surface area contributed by atoms with Gasteiger partial charge in [-0.05, 0) is 54.8 Å². The summed E-state index contributed by atoms with van der Waals surface area (Å²) in [6.45, 7) is 4.57. The molecule has 0 spiro atoms. The Labute approximate surface area is 119 Å². The maximum atomic E-state index is 11.3. The van der Waals surface area contributed by atoms with E-state index in [-0.39, 0.29) is 5.97 Å². The quantitative estimate of drug-likeness (QED) is 0.795. The molecule has 0 aliphatic heterocycles. The molecule has 0 amide bonds. The predicted molar refractivity (Wildman–Crippen MR) is 78.0 cm³/mol. The SMILES string of the molecule is COC(=O)c1ccc(COc2cc(C)cc(C)c2)cc1. The molecule has 0 atom stereocenters. The number of carbonyl (C=O) groups is 1. The lowest BCUT2D eigenvalue weighted by Gasteiger charge is -2.08. The molecule has 0 radical (unpaired) electrons. The van der Waals surface area contributed by atoms with Crippen LogP contribution in [0.4, 0.5) is 0 Å². The topological polar surface area (TPSA) is 35.5 Å². The fourth-order valence-corrected chi connectivity index (χ4v) is 2.04. The van der Waals surface area contributed by atoms with Gasteiger partial charge in [0.15, 0.2) is 0 Å². The van der Waals surface area contributed by atoms with Gasteiger partial charge in [0, 0.05) is 0 Å². The van der Waals surface area contributed by atoms with Crippen LogP contribution in [0.3, 0.4) is 0 Å². The van der Waals surface area contributed by atoms with E-state index in [1.165, 1.54) is 18.2 Å². The van der Waals surface area contributed by atoms with Crippen molar-refractivity contribution in [1.29, 1.82) is 0 Å². The van der Waals surface area contributed by atoms with Crippen LogP contribution in [-0.4, -0.2) is 13.1 Å². The summed E-state index contributed by atoms with van der Waals surface area (Å²) in [6.07, 6.45) is 0. The van der Waals surface area contributed by atoms with Crippen molar-refractivity contribution in [1.82, 2.24) is 0 Å². The van der Waals surface area contributed by atoms with Crippen LogP contribution >= 0.6 is 0 Å². The Balaban J connectivity index is 2.02. The summed E-state index contributed by atoms with van der Waals surface area (Å²) in [7, 11) is 1.37. The Morgan fingerprint density at radius 2 is 1.60 bits per heavy atom. The highest BCUT2D eigenvalue weighted by molar-refractivity contribution is 5.89. The Morgan fingerprint density at radius 3 is 2.15 bits per heavy atom. The highest BCUT2D eigenvalue weighted by Gasteiger charge is 2.04. The number of carbonyl (C=O) groups excluding carboxylic acids is 1. The molecular formula is C17H18O3. The molecule has 0 saturated carbocycles. The van der Waals surface area contributed by atoms with Crippen LogP contribution in [-0.2, 0) is 11.3 Å². The molecule has 0 aromatic heterocycles. The number of benzene rings is 2. The molecular weight excluding hydrogens is 252 g/mol. The summed E-state index contributed by atoms with van der Waals surface area (Å²) >= 11 is 0. The van der Waals surface area contributed by atoms with E-state index >= 15 is 0 Å². The van der Waals surface area contributed by atoms with E-state index in [0.717, 1.165) is 11.3 Å². The van der Waals surface area contributed by atoms with Crippen LogP contribution < -0.4 is 4.74 Å². The van der Waals surface area contributed by atoms with E-state index in [1.54, 1.807) is 12.1 Å². The van der Waals surface area contributed by atoms with Gasteiger partial charge in [-0.3, -0.25) is 0 Å². The van der Waals surface area contributed by atoms with Crippen molar-refractivity contribution in [2.45, 2.75) is 20.5 Å². The number of aryl methyl sites for hydroxylation is 2. The van der Waals surface area contributed by atoms with E-state index in [9.17, 15) is 4.79 Å². The zero-order valence-corrected chi connectivity index (χ0v) is 12.0. The van der Waals surface area contributed by atoms with Crippen LogP contribution in [0.15, 0.2) is 42.5 Å². The van der Waals surface area contributed by atoms with Gasteiger partial charge in [0.05, 0.1) is 12.7 Å². The smallest absolute Gasteiger partial charge is 0.337 e. The Kier molecular flexibility index (Phi) is 4.41. The first-order valence-corrected chi connectivity index (χ1v) is 6.47. The minimum absolute atomic E-state index is 0.327. The summed E-state index contributed by atoms with van der Waals surface area (Å²) in [5, 5.41) is 0. The van der Waals surface area contributed by atoms with Gasteiger partial charge in [0.2, 0.25) is 0 Å². The standard InChI is InChI=1S/C17H18O3/c1-12-8-13(2)10-16(9-12)20-11-14-4-6-15(7-5-14)17(18)19-3/h4-10H,11H2,1-3H3. The molecule has 0 bridgehead atoms.